The zero-order valence-corrected chi connectivity index (χ0v) is 30.5. The number of rotatable bonds is 3. The number of anilines is 6. The molecule has 6 heteroatoms. The minimum absolute atomic E-state index is 0.143. The Labute approximate surface area is 315 Å². The summed E-state index contributed by atoms with van der Waals surface area (Å²) in [5.74, 6) is 0. The third kappa shape index (κ3) is 4.05. The van der Waals surface area contributed by atoms with E-state index in [4.69, 9.17) is 0 Å². The first-order valence-corrected chi connectivity index (χ1v) is 19.7. The van der Waals surface area contributed by atoms with Crippen molar-refractivity contribution in [3.05, 3.63) is 164 Å². The first-order chi connectivity index (χ1) is 26.2. The van der Waals surface area contributed by atoms with Gasteiger partial charge in [-0.15, -0.1) is 22.7 Å². The highest BCUT2D eigenvalue weighted by molar-refractivity contribution is 7.40. The fourth-order valence-electron chi connectivity index (χ4n) is 9.07. The third-order valence-corrected chi connectivity index (χ3v) is 13.8. The Balaban J connectivity index is 1.08. The number of thiophene rings is 2. The van der Waals surface area contributed by atoms with Gasteiger partial charge in [0, 0.05) is 81.3 Å². The topological polar surface area (TPSA) is 11.4 Å². The molecular weight excluding hydrogens is 681 g/mol. The molecular formula is C47H30BN3S2. The van der Waals surface area contributed by atoms with E-state index in [-0.39, 0.29) is 6.71 Å². The Morgan fingerprint density at radius 2 is 0.962 bits per heavy atom. The second-order valence-electron chi connectivity index (χ2n) is 14.1. The molecule has 3 aromatic heterocycles. The number of aromatic nitrogens is 1. The van der Waals surface area contributed by atoms with Crippen LogP contribution in [0.5, 0.6) is 0 Å². The summed E-state index contributed by atoms with van der Waals surface area (Å²) < 4.78 is 7.78. The molecule has 7 aromatic carbocycles. The largest absolute Gasteiger partial charge is 0.344 e. The summed E-state index contributed by atoms with van der Waals surface area (Å²) >= 11 is 3.91. The first kappa shape index (κ1) is 29.5. The molecule has 0 bridgehead atoms. The van der Waals surface area contributed by atoms with E-state index >= 15 is 0 Å². The van der Waals surface area contributed by atoms with Crippen LogP contribution in [-0.2, 0) is 7.05 Å². The lowest BCUT2D eigenvalue weighted by Crippen LogP contribution is -2.59. The maximum Gasteiger partial charge on any atom is 0.277 e. The summed E-state index contributed by atoms with van der Waals surface area (Å²) in [6, 6.07) is 60.6. The predicted molar refractivity (Wildman–Crippen MR) is 231 cm³/mol. The van der Waals surface area contributed by atoms with E-state index < -0.39 is 0 Å². The van der Waals surface area contributed by atoms with Crippen LogP contribution in [0.3, 0.4) is 0 Å². The molecule has 0 radical (unpaired) electrons. The van der Waals surface area contributed by atoms with Crippen molar-refractivity contribution in [2.45, 2.75) is 0 Å². The summed E-state index contributed by atoms with van der Waals surface area (Å²) in [6.07, 6.45) is 0. The zero-order valence-electron chi connectivity index (χ0n) is 28.8. The molecule has 10 aromatic rings. The molecule has 0 saturated carbocycles. The summed E-state index contributed by atoms with van der Waals surface area (Å²) in [5, 5.41) is 5.21. The van der Waals surface area contributed by atoms with Gasteiger partial charge in [0.1, 0.15) is 0 Å². The van der Waals surface area contributed by atoms with Crippen molar-refractivity contribution < 1.29 is 0 Å². The first-order valence-electron chi connectivity index (χ1n) is 18.1. The van der Waals surface area contributed by atoms with Crippen LogP contribution < -0.4 is 24.8 Å². The van der Waals surface area contributed by atoms with Gasteiger partial charge in [0.25, 0.3) is 6.71 Å². The SMILES string of the molecule is Cn1c2ccccc2c2cc(-c3ccc(N4c5cccc6c5B(c5sc7ccccc7c5N6c5ccccc5)c5sc6ccccc6c54)cc3)ccc21. The van der Waals surface area contributed by atoms with Crippen molar-refractivity contribution in [2.75, 3.05) is 9.80 Å². The van der Waals surface area contributed by atoms with Crippen molar-refractivity contribution in [1.82, 2.24) is 4.57 Å². The summed E-state index contributed by atoms with van der Waals surface area (Å²) in [7, 11) is 2.16. The third-order valence-electron chi connectivity index (χ3n) is 11.4. The van der Waals surface area contributed by atoms with E-state index in [0.717, 1.165) is 0 Å². The smallest absolute Gasteiger partial charge is 0.277 e. The van der Waals surface area contributed by atoms with Crippen molar-refractivity contribution in [3.63, 3.8) is 0 Å². The van der Waals surface area contributed by atoms with Crippen LogP contribution in [0.1, 0.15) is 0 Å². The van der Waals surface area contributed by atoms with Gasteiger partial charge in [0.2, 0.25) is 0 Å². The molecule has 53 heavy (non-hydrogen) atoms. The van der Waals surface area contributed by atoms with E-state index in [2.05, 4.69) is 185 Å². The highest BCUT2D eigenvalue weighted by Crippen LogP contribution is 2.50. The van der Waals surface area contributed by atoms with Gasteiger partial charge in [-0.05, 0) is 83.3 Å². The number of nitrogens with zero attached hydrogens (tertiary/aromatic N) is 3. The van der Waals surface area contributed by atoms with E-state index in [1.807, 2.05) is 22.7 Å². The van der Waals surface area contributed by atoms with Crippen LogP contribution in [0, 0.1) is 0 Å². The maximum absolute atomic E-state index is 2.54. The number of aryl methyl sites for hydroxylation is 1. The van der Waals surface area contributed by atoms with Gasteiger partial charge in [-0.2, -0.15) is 0 Å². The van der Waals surface area contributed by atoms with Crippen LogP contribution >= 0.6 is 22.7 Å². The fourth-order valence-corrected chi connectivity index (χ4v) is 11.8. The van der Waals surface area contributed by atoms with E-state index in [9.17, 15) is 0 Å². The van der Waals surface area contributed by atoms with Crippen LogP contribution in [0.4, 0.5) is 34.1 Å². The quantitative estimate of drug-likeness (QED) is 0.169. The number of benzene rings is 7. The number of para-hydroxylation sites is 2. The molecule has 2 aliphatic rings. The molecule has 0 N–H and O–H groups in total. The molecule has 0 spiro atoms. The molecule has 12 rings (SSSR count). The highest BCUT2D eigenvalue weighted by Gasteiger charge is 2.46. The van der Waals surface area contributed by atoms with Crippen LogP contribution in [-0.4, -0.2) is 11.3 Å². The van der Waals surface area contributed by atoms with Crippen molar-refractivity contribution in [3.8, 4) is 11.1 Å². The molecule has 0 aliphatic carbocycles. The van der Waals surface area contributed by atoms with E-state index in [0.29, 0.717) is 0 Å². The lowest BCUT2D eigenvalue weighted by Gasteiger charge is -2.42. The molecule has 248 valence electrons. The van der Waals surface area contributed by atoms with Crippen LogP contribution in [0.2, 0.25) is 0 Å². The lowest BCUT2D eigenvalue weighted by molar-refractivity contribution is 1.01. The monoisotopic (exact) mass is 711 g/mol. The molecule has 0 atom stereocenters. The fraction of sp³-hybridized carbons (Fsp3) is 0.0213. The van der Waals surface area contributed by atoms with Crippen LogP contribution in [0.25, 0.3) is 53.1 Å². The molecule has 0 amide bonds. The summed E-state index contributed by atoms with van der Waals surface area (Å²) in [4.78, 5) is 5.06. The predicted octanol–water partition coefficient (Wildman–Crippen LogP) is 11.5. The Hall–Kier alpha value is -6.08. The molecule has 5 heterocycles. The maximum atomic E-state index is 2.54. The summed E-state index contributed by atoms with van der Waals surface area (Å²) in [5.41, 5.74) is 13.8. The Kier molecular flexibility index (Phi) is 6.10. The van der Waals surface area contributed by atoms with Crippen LogP contribution in [0.15, 0.2) is 164 Å². The second kappa shape index (κ2) is 11.0. The van der Waals surface area contributed by atoms with Gasteiger partial charge in [-0.3, -0.25) is 0 Å². The second-order valence-corrected chi connectivity index (χ2v) is 16.3. The van der Waals surface area contributed by atoms with Crippen molar-refractivity contribution in [1.29, 1.82) is 0 Å². The zero-order chi connectivity index (χ0) is 34.8. The molecule has 0 fully saturated rings. The van der Waals surface area contributed by atoms with E-state index in [1.165, 1.54) is 102 Å². The lowest BCUT2D eigenvalue weighted by atomic mass is 9.39. The molecule has 2 aliphatic heterocycles. The Morgan fingerprint density at radius 1 is 0.434 bits per heavy atom. The Bertz CT molecular complexity index is 3100. The van der Waals surface area contributed by atoms with Gasteiger partial charge in [-0.25, -0.2) is 0 Å². The van der Waals surface area contributed by atoms with Gasteiger partial charge in [0.15, 0.2) is 0 Å². The Morgan fingerprint density at radius 3 is 1.62 bits per heavy atom. The highest BCUT2D eigenvalue weighted by atomic mass is 32.1. The van der Waals surface area contributed by atoms with Crippen molar-refractivity contribution in [2.24, 2.45) is 7.05 Å². The number of hydrogen-bond donors (Lipinski definition) is 0. The van der Waals surface area contributed by atoms with Gasteiger partial charge in [0.05, 0.1) is 11.4 Å². The molecule has 0 unspecified atom stereocenters. The standard InChI is InChI=1S/C47H30BN3S2/c1-49-37-17-8-5-14-33(37)36-28-30(24-27-38(36)49)29-22-25-32(26-23-29)51-40-19-11-18-39-43(40)48(47-45(51)35-16-7-10-21-42(35)53-47)46-44(34-15-6-9-20-41(34)52-46)50(39)31-12-3-2-4-13-31/h2-28H,1H3. The minimum atomic E-state index is 0.143. The van der Waals surface area contributed by atoms with Gasteiger partial charge in [-0.1, -0.05) is 97.1 Å². The average Bonchev–Trinajstić information content (AvgIpc) is 3.88. The van der Waals surface area contributed by atoms with Crippen molar-refractivity contribution >= 4 is 121 Å². The van der Waals surface area contributed by atoms with E-state index in [1.54, 1.807) is 0 Å². The molecule has 0 saturated heterocycles. The summed E-state index contributed by atoms with van der Waals surface area (Å²) in [6.45, 7) is 0.143. The van der Waals surface area contributed by atoms with Gasteiger partial charge < -0.3 is 14.4 Å². The number of fused-ring (bicyclic) bond motifs is 11. The normalized spacial score (nSPS) is 13.3. The number of hydrogen-bond acceptors (Lipinski definition) is 4. The molecule has 3 nitrogen and oxygen atoms in total. The van der Waals surface area contributed by atoms with Gasteiger partial charge >= 0.3 is 0 Å². The minimum Gasteiger partial charge on any atom is -0.344 e. The average molecular weight is 712 g/mol.